The average Bonchev–Trinajstić information content (AvgIpc) is 2.51. The molecule has 1 fully saturated rings. The Morgan fingerprint density at radius 2 is 1.77 bits per heavy atom. The fourth-order valence-electron chi connectivity index (χ4n) is 3.56. The first-order chi connectivity index (χ1) is 10.5. The zero-order valence-electron chi connectivity index (χ0n) is 15.8. The third kappa shape index (κ3) is 6.80. The maximum atomic E-state index is 6.01. The number of rotatable bonds is 5. The van der Waals surface area contributed by atoms with Crippen LogP contribution in [-0.2, 0) is 4.74 Å². The molecule has 0 amide bonds. The first-order valence-corrected chi connectivity index (χ1v) is 9.24. The van der Waals surface area contributed by atoms with Crippen LogP contribution in [0.15, 0.2) is 11.6 Å². The van der Waals surface area contributed by atoms with E-state index in [-0.39, 0.29) is 12.1 Å². The van der Waals surface area contributed by atoms with Crippen molar-refractivity contribution in [2.24, 2.45) is 16.9 Å². The molecule has 0 aromatic rings. The van der Waals surface area contributed by atoms with Gasteiger partial charge in [0.1, 0.15) is 0 Å². The number of ether oxygens (including phenoxy) is 1. The van der Waals surface area contributed by atoms with Crippen LogP contribution in [0.2, 0.25) is 0 Å². The minimum atomic E-state index is 0.181. The molecule has 0 saturated heterocycles. The Morgan fingerprint density at radius 3 is 2.27 bits per heavy atom. The van der Waals surface area contributed by atoms with Gasteiger partial charge < -0.3 is 16.2 Å². The first kappa shape index (κ1) is 21.6. The third-order valence-corrected chi connectivity index (χ3v) is 4.71. The van der Waals surface area contributed by atoms with Crippen molar-refractivity contribution < 1.29 is 4.74 Å². The molecule has 2 aliphatic carbocycles. The molecular weight excluding hydrogens is 272 g/mol. The van der Waals surface area contributed by atoms with Gasteiger partial charge in [0.15, 0.2) is 0 Å². The normalized spacial score (nSPS) is 33.5. The second-order valence-electron chi connectivity index (χ2n) is 6.57. The molecule has 0 aliphatic heterocycles. The van der Waals surface area contributed by atoms with Gasteiger partial charge in [0.2, 0.25) is 0 Å². The second kappa shape index (κ2) is 11.2. The van der Waals surface area contributed by atoms with E-state index < -0.39 is 0 Å². The minimum absolute atomic E-state index is 0.181. The predicted molar refractivity (Wildman–Crippen MR) is 98.0 cm³/mol. The number of hydrogen-bond acceptors (Lipinski definition) is 3. The molecule has 3 nitrogen and oxygen atoms in total. The summed E-state index contributed by atoms with van der Waals surface area (Å²) >= 11 is 0. The molecule has 132 valence electrons. The van der Waals surface area contributed by atoms with Gasteiger partial charge in [-0.2, -0.15) is 0 Å². The molecule has 4 N–H and O–H groups in total. The molecule has 3 heteroatoms. The van der Waals surface area contributed by atoms with Gasteiger partial charge in [0.05, 0.1) is 6.10 Å². The number of methoxy groups -OCH3 is 1. The van der Waals surface area contributed by atoms with E-state index in [1.54, 1.807) is 7.11 Å². The average molecular weight is 313 g/mol. The molecule has 0 bridgehead atoms. The van der Waals surface area contributed by atoms with Crippen molar-refractivity contribution in [3.05, 3.63) is 11.6 Å². The van der Waals surface area contributed by atoms with E-state index in [4.69, 9.17) is 16.2 Å². The summed E-state index contributed by atoms with van der Waals surface area (Å²) in [4.78, 5) is 0. The zero-order chi connectivity index (χ0) is 17.2. The topological polar surface area (TPSA) is 61.3 Å². The van der Waals surface area contributed by atoms with Gasteiger partial charge in [0.25, 0.3) is 0 Å². The van der Waals surface area contributed by atoms with E-state index in [1.807, 2.05) is 27.7 Å². The Bertz CT molecular complexity index is 309. The SMILES string of the molecule is CC.CC.CO[C@H]1CC(CCCC2(C)CC(N)C2)=CC[C@H]1N. The summed E-state index contributed by atoms with van der Waals surface area (Å²) in [6, 6.07) is 0.640. The lowest BCUT2D eigenvalue weighted by atomic mass is 9.64. The molecule has 22 heavy (non-hydrogen) atoms. The van der Waals surface area contributed by atoms with Gasteiger partial charge in [-0.3, -0.25) is 0 Å². The van der Waals surface area contributed by atoms with Gasteiger partial charge in [-0.05, 0) is 50.4 Å². The maximum Gasteiger partial charge on any atom is 0.0762 e. The summed E-state index contributed by atoms with van der Waals surface area (Å²) < 4.78 is 5.44. The van der Waals surface area contributed by atoms with Crippen LogP contribution in [-0.4, -0.2) is 25.3 Å². The molecule has 0 aromatic carbocycles. The van der Waals surface area contributed by atoms with Crippen molar-refractivity contribution >= 4 is 0 Å². The molecule has 0 spiro atoms. The van der Waals surface area contributed by atoms with Gasteiger partial charge in [0, 0.05) is 19.2 Å². The lowest BCUT2D eigenvalue weighted by Crippen LogP contribution is -2.44. The zero-order valence-corrected chi connectivity index (χ0v) is 15.8. The van der Waals surface area contributed by atoms with Crippen molar-refractivity contribution in [2.45, 2.75) is 97.8 Å². The standard InChI is InChI=1S/C15H28N2O.2C2H6/c1-15(9-12(16)10-15)7-3-4-11-5-6-13(17)14(8-11)18-2;2*1-2/h5,12-14H,3-4,6-10,16-17H2,1-2H3;2*1-2H3/t12?,13-,14+,15?;;/m1../s1. The molecule has 0 radical (unpaired) electrons. The van der Waals surface area contributed by atoms with E-state index in [0.717, 1.165) is 12.8 Å². The largest absolute Gasteiger partial charge is 0.379 e. The summed E-state index contributed by atoms with van der Waals surface area (Å²) in [6.07, 6.45) is 10.7. The van der Waals surface area contributed by atoms with Crippen LogP contribution in [0.1, 0.15) is 79.6 Å². The molecule has 0 aromatic heterocycles. The van der Waals surface area contributed by atoms with Crippen molar-refractivity contribution in [2.75, 3.05) is 7.11 Å². The monoisotopic (exact) mass is 312 g/mol. The molecule has 2 atom stereocenters. The van der Waals surface area contributed by atoms with E-state index in [1.165, 1.54) is 37.7 Å². The first-order valence-electron chi connectivity index (χ1n) is 9.24. The molecule has 0 unspecified atom stereocenters. The smallest absolute Gasteiger partial charge is 0.0762 e. The van der Waals surface area contributed by atoms with E-state index in [9.17, 15) is 0 Å². The maximum absolute atomic E-state index is 6.01. The van der Waals surface area contributed by atoms with E-state index >= 15 is 0 Å². The highest BCUT2D eigenvalue weighted by Crippen LogP contribution is 2.44. The van der Waals surface area contributed by atoms with Crippen LogP contribution in [0.4, 0.5) is 0 Å². The molecule has 0 heterocycles. The van der Waals surface area contributed by atoms with Crippen LogP contribution < -0.4 is 11.5 Å². The molecule has 1 saturated carbocycles. The van der Waals surface area contributed by atoms with Crippen LogP contribution in [0.25, 0.3) is 0 Å². The summed E-state index contributed by atoms with van der Waals surface area (Å²) in [5.41, 5.74) is 13.9. The van der Waals surface area contributed by atoms with Gasteiger partial charge in [-0.25, -0.2) is 0 Å². The second-order valence-corrected chi connectivity index (χ2v) is 6.57. The van der Waals surface area contributed by atoms with Crippen molar-refractivity contribution in [1.82, 2.24) is 0 Å². The van der Waals surface area contributed by atoms with Crippen LogP contribution in [0.5, 0.6) is 0 Å². The summed E-state index contributed by atoms with van der Waals surface area (Å²) in [7, 11) is 1.77. The Hall–Kier alpha value is -0.380. The van der Waals surface area contributed by atoms with Gasteiger partial charge in [-0.15, -0.1) is 0 Å². The minimum Gasteiger partial charge on any atom is -0.379 e. The van der Waals surface area contributed by atoms with Crippen LogP contribution >= 0.6 is 0 Å². The lowest BCUT2D eigenvalue weighted by molar-refractivity contribution is 0.0754. The summed E-state index contributed by atoms with van der Waals surface area (Å²) in [6.45, 7) is 10.4. The van der Waals surface area contributed by atoms with Crippen molar-refractivity contribution in [3.8, 4) is 0 Å². The van der Waals surface area contributed by atoms with Crippen molar-refractivity contribution in [3.63, 3.8) is 0 Å². The van der Waals surface area contributed by atoms with Crippen LogP contribution in [0, 0.1) is 5.41 Å². The van der Waals surface area contributed by atoms with E-state index in [2.05, 4.69) is 13.0 Å². The highest BCUT2D eigenvalue weighted by Gasteiger charge is 2.37. The van der Waals surface area contributed by atoms with Crippen molar-refractivity contribution in [1.29, 1.82) is 0 Å². The quantitative estimate of drug-likeness (QED) is 0.740. The Morgan fingerprint density at radius 1 is 1.18 bits per heavy atom. The van der Waals surface area contributed by atoms with Gasteiger partial charge >= 0.3 is 0 Å². The Balaban J connectivity index is 0.00000102. The highest BCUT2D eigenvalue weighted by atomic mass is 16.5. The number of hydrogen-bond donors (Lipinski definition) is 2. The fourth-order valence-corrected chi connectivity index (χ4v) is 3.56. The third-order valence-electron chi connectivity index (χ3n) is 4.71. The Kier molecular flexibility index (Phi) is 11.0. The molecular formula is C19H40N2O. The van der Waals surface area contributed by atoms with E-state index in [0.29, 0.717) is 11.5 Å². The Labute approximate surface area is 138 Å². The number of nitrogens with two attached hydrogens (primary N) is 2. The predicted octanol–water partition coefficient (Wildman–Crippen LogP) is 4.40. The summed E-state index contributed by atoms with van der Waals surface area (Å²) in [5, 5.41) is 0. The fraction of sp³-hybridized carbons (Fsp3) is 0.895. The lowest BCUT2D eigenvalue weighted by Gasteiger charge is -2.44. The highest BCUT2D eigenvalue weighted by molar-refractivity contribution is 5.11. The van der Waals surface area contributed by atoms with Crippen LogP contribution in [0.3, 0.4) is 0 Å². The van der Waals surface area contributed by atoms with Gasteiger partial charge in [-0.1, -0.05) is 46.3 Å². The summed E-state index contributed by atoms with van der Waals surface area (Å²) in [5.74, 6) is 0. The molecule has 2 aliphatic rings. The molecule has 2 rings (SSSR count).